The van der Waals surface area contributed by atoms with E-state index in [4.69, 9.17) is 14.7 Å². The molecule has 0 radical (unpaired) electrons. The summed E-state index contributed by atoms with van der Waals surface area (Å²) in [5, 5.41) is 0. The number of ether oxygens (including phenoxy) is 1. The van der Waals surface area contributed by atoms with Crippen molar-refractivity contribution in [2.24, 2.45) is 5.92 Å². The van der Waals surface area contributed by atoms with Crippen molar-refractivity contribution in [3.8, 4) is 11.4 Å². The fourth-order valence-corrected chi connectivity index (χ4v) is 4.85. The number of aromatic amines is 1. The molecule has 8 nitrogen and oxygen atoms in total. The summed E-state index contributed by atoms with van der Waals surface area (Å²) in [5.74, 6) is 1.64. The molecule has 33 heavy (non-hydrogen) atoms. The van der Waals surface area contributed by atoms with Gasteiger partial charge in [-0.05, 0) is 49.4 Å². The summed E-state index contributed by atoms with van der Waals surface area (Å²) in [5.41, 5.74) is 3.27. The number of likely N-dealkylation sites (tertiary alicyclic amines) is 1. The molecule has 4 heterocycles. The number of pyridine rings is 1. The zero-order valence-electron chi connectivity index (χ0n) is 18.9. The highest BCUT2D eigenvalue weighted by molar-refractivity contribution is 5.81. The zero-order valence-corrected chi connectivity index (χ0v) is 18.9. The molecule has 1 amide bonds. The Hall–Kier alpha value is -3.42. The van der Waals surface area contributed by atoms with Crippen LogP contribution in [0.1, 0.15) is 31.2 Å². The molecule has 2 aliphatic heterocycles. The number of anilines is 1. The van der Waals surface area contributed by atoms with Crippen molar-refractivity contribution in [1.29, 1.82) is 0 Å². The first kappa shape index (κ1) is 21.4. The van der Waals surface area contributed by atoms with Crippen LogP contribution in [0.5, 0.6) is 0 Å². The average molecular weight is 448 g/mol. The minimum Gasteiger partial charge on any atom is -0.469 e. The van der Waals surface area contributed by atoms with E-state index in [1.807, 2.05) is 41.3 Å². The SMILES string of the molecule is COC(=O)Cc1cccc(-c2nc3nc(N4CCCC(C(=O)N5CCCC5)C4)ccc3[nH]2)c1. The van der Waals surface area contributed by atoms with Crippen molar-refractivity contribution < 1.29 is 14.3 Å². The van der Waals surface area contributed by atoms with E-state index in [0.29, 0.717) is 23.9 Å². The van der Waals surface area contributed by atoms with Gasteiger partial charge in [-0.2, -0.15) is 0 Å². The van der Waals surface area contributed by atoms with Gasteiger partial charge in [0.2, 0.25) is 5.91 Å². The number of hydrogen-bond donors (Lipinski definition) is 1. The number of rotatable bonds is 5. The maximum absolute atomic E-state index is 12.9. The lowest BCUT2D eigenvalue weighted by molar-refractivity contribution is -0.139. The summed E-state index contributed by atoms with van der Waals surface area (Å²) in [4.78, 5) is 41.6. The van der Waals surface area contributed by atoms with Gasteiger partial charge in [0.05, 0.1) is 25.0 Å². The molecule has 1 N–H and O–H groups in total. The van der Waals surface area contributed by atoms with Crippen molar-refractivity contribution in [2.45, 2.75) is 32.1 Å². The van der Waals surface area contributed by atoms with Crippen molar-refractivity contribution in [3.05, 3.63) is 42.0 Å². The maximum atomic E-state index is 12.9. The van der Waals surface area contributed by atoms with E-state index < -0.39 is 0 Å². The van der Waals surface area contributed by atoms with Crippen LogP contribution in [0.25, 0.3) is 22.6 Å². The molecule has 0 spiro atoms. The van der Waals surface area contributed by atoms with Crippen LogP contribution in [0.3, 0.4) is 0 Å². The molecule has 2 fully saturated rings. The highest BCUT2D eigenvalue weighted by Crippen LogP contribution is 2.27. The van der Waals surface area contributed by atoms with E-state index in [9.17, 15) is 9.59 Å². The lowest BCUT2D eigenvalue weighted by atomic mass is 9.96. The van der Waals surface area contributed by atoms with Crippen LogP contribution in [0.15, 0.2) is 36.4 Å². The number of esters is 1. The molecular weight excluding hydrogens is 418 g/mol. The average Bonchev–Trinajstić information content (AvgIpc) is 3.53. The number of benzene rings is 1. The van der Waals surface area contributed by atoms with Gasteiger partial charge in [0, 0.05) is 31.7 Å². The van der Waals surface area contributed by atoms with Crippen LogP contribution < -0.4 is 4.90 Å². The molecule has 172 valence electrons. The predicted octanol–water partition coefficient (Wildman–Crippen LogP) is 3.18. The monoisotopic (exact) mass is 447 g/mol. The molecule has 2 aliphatic rings. The number of fused-ring (bicyclic) bond motifs is 1. The number of methoxy groups -OCH3 is 1. The summed E-state index contributed by atoms with van der Waals surface area (Å²) < 4.78 is 4.77. The van der Waals surface area contributed by atoms with Gasteiger partial charge in [0.1, 0.15) is 11.6 Å². The highest BCUT2D eigenvalue weighted by Gasteiger charge is 2.31. The maximum Gasteiger partial charge on any atom is 0.309 e. The molecule has 3 aromatic rings. The van der Waals surface area contributed by atoms with Crippen LogP contribution in [-0.4, -0.2) is 65.0 Å². The molecule has 2 saturated heterocycles. The number of nitrogens with one attached hydrogen (secondary N) is 1. The lowest BCUT2D eigenvalue weighted by Gasteiger charge is -2.34. The van der Waals surface area contributed by atoms with Gasteiger partial charge in [-0.1, -0.05) is 18.2 Å². The third kappa shape index (κ3) is 4.55. The zero-order chi connectivity index (χ0) is 22.8. The molecule has 8 heteroatoms. The van der Waals surface area contributed by atoms with Crippen LogP contribution in [0.2, 0.25) is 0 Å². The largest absolute Gasteiger partial charge is 0.469 e. The van der Waals surface area contributed by atoms with Crippen molar-refractivity contribution in [2.75, 3.05) is 38.2 Å². The van der Waals surface area contributed by atoms with Crippen LogP contribution >= 0.6 is 0 Å². The highest BCUT2D eigenvalue weighted by atomic mass is 16.5. The Morgan fingerprint density at radius 2 is 1.94 bits per heavy atom. The smallest absolute Gasteiger partial charge is 0.309 e. The third-order valence-corrected chi connectivity index (χ3v) is 6.62. The number of aromatic nitrogens is 3. The number of carbonyl (C=O) groups excluding carboxylic acids is 2. The summed E-state index contributed by atoms with van der Waals surface area (Å²) >= 11 is 0. The standard InChI is InChI=1S/C25H29N5O3/c1-33-22(31)15-17-6-4-7-18(14-17)23-26-20-9-10-21(27-24(20)28-23)30-13-5-8-19(16-30)25(32)29-11-2-3-12-29/h4,6-7,9-10,14,19H,2-3,5,8,11-13,15-16H2,1H3,(H,26,27,28). The van der Waals surface area contributed by atoms with Crippen molar-refractivity contribution in [3.63, 3.8) is 0 Å². The topological polar surface area (TPSA) is 91.4 Å². The van der Waals surface area contributed by atoms with E-state index in [1.54, 1.807) is 0 Å². The van der Waals surface area contributed by atoms with Gasteiger partial charge in [0.15, 0.2) is 5.65 Å². The van der Waals surface area contributed by atoms with Gasteiger partial charge in [-0.3, -0.25) is 9.59 Å². The second kappa shape index (κ2) is 9.21. The second-order valence-corrected chi connectivity index (χ2v) is 8.90. The van der Waals surface area contributed by atoms with Gasteiger partial charge >= 0.3 is 5.97 Å². The van der Waals surface area contributed by atoms with Crippen molar-refractivity contribution >= 4 is 28.9 Å². The predicted molar refractivity (Wildman–Crippen MR) is 126 cm³/mol. The Kier molecular flexibility index (Phi) is 5.98. The molecule has 0 bridgehead atoms. The van der Waals surface area contributed by atoms with Gasteiger partial charge in [0.25, 0.3) is 0 Å². The first-order valence-corrected chi connectivity index (χ1v) is 11.7. The number of imidazole rings is 1. The summed E-state index contributed by atoms with van der Waals surface area (Å²) in [7, 11) is 1.39. The number of amides is 1. The Labute approximate surface area is 193 Å². The molecule has 1 unspecified atom stereocenters. The quantitative estimate of drug-likeness (QED) is 0.604. The van der Waals surface area contributed by atoms with Crippen LogP contribution in [-0.2, 0) is 20.7 Å². The van der Waals surface area contributed by atoms with Gasteiger partial charge in [-0.25, -0.2) is 9.97 Å². The van der Waals surface area contributed by atoms with Gasteiger partial charge in [-0.15, -0.1) is 0 Å². The Bertz CT molecular complexity index is 1170. The number of piperidine rings is 1. The first-order valence-electron chi connectivity index (χ1n) is 11.7. The summed E-state index contributed by atoms with van der Waals surface area (Å²) in [6, 6.07) is 11.7. The first-order chi connectivity index (χ1) is 16.1. The molecular formula is C25H29N5O3. The fourth-order valence-electron chi connectivity index (χ4n) is 4.85. The normalized spacial score (nSPS) is 18.6. The number of hydrogen-bond acceptors (Lipinski definition) is 6. The molecule has 0 aliphatic carbocycles. The number of H-pyrrole nitrogens is 1. The van der Waals surface area contributed by atoms with E-state index in [1.165, 1.54) is 7.11 Å². The lowest BCUT2D eigenvalue weighted by Crippen LogP contribution is -2.44. The Morgan fingerprint density at radius 1 is 1.09 bits per heavy atom. The molecule has 2 aromatic heterocycles. The van der Waals surface area contributed by atoms with Gasteiger partial charge < -0.3 is 19.5 Å². The minimum absolute atomic E-state index is 0.0432. The number of carbonyl (C=O) groups is 2. The molecule has 1 aromatic carbocycles. The summed E-state index contributed by atoms with van der Waals surface area (Å²) in [6.45, 7) is 3.41. The van der Waals surface area contributed by atoms with E-state index in [2.05, 4.69) is 9.88 Å². The van der Waals surface area contributed by atoms with Crippen molar-refractivity contribution in [1.82, 2.24) is 19.9 Å². The van der Waals surface area contributed by atoms with E-state index in [0.717, 1.165) is 67.8 Å². The van der Waals surface area contributed by atoms with Crippen LogP contribution in [0.4, 0.5) is 5.82 Å². The minimum atomic E-state index is -0.272. The van der Waals surface area contributed by atoms with E-state index >= 15 is 0 Å². The van der Waals surface area contributed by atoms with Crippen LogP contribution in [0, 0.1) is 5.92 Å². The number of nitrogens with zero attached hydrogens (tertiary/aromatic N) is 4. The second-order valence-electron chi connectivity index (χ2n) is 8.90. The Balaban J connectivity index is 1.35. The molecule has 1 atom stereocenters. The van der Waals surface area contributed by atoms with E-state index in [-0.39, 0.29) is 18.3 Å². The third-order valence-electron chi connectivity index (χ3n) is 6.62. The molecule has 0 saturated carbocycles. The molecule has 5 rings (SSSR count). The summed E-state index contributed by atoms with van der Waals surface area (Å²) in [6.07, 6.45) is 4.39. The Morgan fingerprint density at radius 3 is 2.76 bits per heavy atom. The fraction of sp³-hybridized carbons (Fsp3) is 0.440.